The quantitative estimate of drug-likeness (QED) is 0.618. The zero-order chi connectivity index (χ0) is 15.1. The second-order valence-electron chi connectivity index (χ2n) is 5.13. The van der Waals surface area contributed by atoms with Crippen LogP contribution in [0.4, 0.5) is 0 Å². The highest BCUT2D eigenvalue weighted by Gasteiger charge is 2.14. The molecule has 5 heteroatoms. The van der Waals surface area contributed by atoms with Crippen molar-refractivity contribution in [2.45, 2.75) is 38.7 Å². The van der Waals surface area contributed by atoms with Crippen molar-refractivity contribution in [2.24, 2.45) is 0 Å². The largest absolute Gasteiger partial charge is 0.491 e. The SMILES string of the molecule is Cc1ccc(OCCCC2CCCO2)c(C=CC(=O)O)n1. The van der Waals surface area contributed by atoms with Crippen LogP contribution >= 0.6 is 0 Å². The summed E-state index contributed by atoms with van der Waals surface area (Å²) in [4.78, 5) is 14.9. The molecule has 0 bridgehead atoms. The third-order valence-electron chi connectivity index (χ3n) is 3.36. The van der Waals surface area contributed by atoms with Crippen LogP contribution in [0.25, 0.3) is 6.08 Å². The van der Waals surface area contributed by atoms with E-state index in [1.807, 2.05) is 19.1 Å². The molecular weight excluding hydrogens is 270 g/mol. The third-order valence-corrected chi connectivity index (χ3v) is 3.36. The molecule has 1 unspecified atom stereocenters. The van der Waals surface area contributed by atoms with E-state index in [0.29, 0.717) is 24.2 Å². The lowest BCUT2D eigenvalue weighted by molar-refractivity contribution is -0.131. The Morgan fingerprint density at radius 2 is 2.43 bits per heavy atom. The maximum atomic E-state index is 10.6. The predicted molar refractivity (Wildman–Crippen MR) is 79.3 cm³/mol. The number of rotatable bonds is 7. The number of aromatic nitrogens is 1. The molecule has 1 N–H and O–H groups in total. The number of carbonyl (C=O) groups is 1. The first-order valence-corrected chi connectivity index (χ1v) is 7.28. The number of nitrogens with zero attached hydrogens (tertiary/aromatic N) is 1. The molecule has 0 aliphatic carbocycles. The van der Waals surface area contributed by atoms with Crippen LogP contribution in [-0.2, 0) is 9.53 Å². The number of aryl methyl sites for hydroxylation is 1. The molecule has 2 rings (SSSR count). The molecule has 1 aliphatic heterocycles. The summed E-state index contributed by atoms with van der Waals surface area (Å²) in [5.41, 5.74) is 1.38. The molecule has 1 fully saturated rings. The molecule has 1 aromatic heterocycles. The van der Waals surface area contributed by atoms with Gasteiger partial charge in [0, 0.05) is 18.4 Å². The number of carboxylic acids is 1. The van der Waals surface area contributed by atoms with Gasteiger partial charge in [-0.25, -0.2) is 9.78 Å². The molecule has 1 aromatic rings. The van der Waals surface area contributed by atoms with Gasteiger partial charge in [0.1, 0.15) is 11.4 Å². The third kappa shape index (κ3) is 5.19. The maximum Gasteiger partial charge on any atom is 0.328 e. The van der Waals surface area contributed by atoms with Gasteiger partial charge in [-0.05, 0) is 50.8 Å². The minimum atomic E-state index is -0.998. The lowest BCUT2D eigenvalue weighted by atomic mass is 10.1. The van der Waals surface area contributed by atoms with E-state index in [1.165, 1.54) is 6.08 Å². The monoisotopic (exact) mass is 291 g/mol. The Bertz CT molecular complexity index is 507. The molecule has 5 nitrogen and oxygen atoms in total. The highest BCUT2D eigenvalue weighted by Crippen LogP contribution is 2.20. The molecular formula is C16H21NO4. The summed E-state index contributed by atoms with van der Waals surface area (Å²) in [6, 6.07) is 3.68. The molecule has 1 aliphatic rings. The van der Waals surface area contributed by atoms with Crippen LogP contribution < -0.4 is 4.74 Å². The van der Waals surface area contributed by atoms with Crippen molar-refractivity contribution in [2.75, 3.05) is 13.2 Å². The smallest absolute Gasteiger partial charge is 0.328 e. The molecule has 0 spiro atoms. The Kier molecular flexibility index (Phi) is 5.75. The summed E-state index contributed by atoms with van der Waals surface area (Å²) in [6.07, 6.45) is 7.11. The van der Waals surface area contributed by atoms with Crippen molar-refractivity contribution in [3.63, 3.8) is 0 Å². The predicted octanol–water partition coefficient (Wildman–Crippen LogP) is 2.83. The van der Waals surface area contributed by atoms with Crippen LogP contribution in [0, 0.1) is 6.92 Å². The topological polar surface area (TPSA) is 68.7 Å². The van der Waals surface area contributed by atoms with E-state index in [-0.39, 0.29) is 0 Å². The molecule has 114 valence electrons. The van der Waals surface area contributed by atoms with E-state index < -0.39 is 5.97 Å². The lowest BCUT2D eigenvalue weighted by Crippen LogP contribution is -2.08. The van der Waals surface area contributed by atoms with Crippen LogP contribution in [0.3, 0.4) is 0 Å². The molecule has 2 heterocycles. The van der Waals surface area contributed by atoms with Gasteiger partial charge in [-0.1, -0.05) is 0 Å². The zero-order valence-electron chi connectivity index (χ0n) is 12.2. The minimum Gasteiger partial charge on any atom is -0.491 e. The van der Waals surface area contributed by atoms with E-state index in [0.717, 1.165) is 44.1 Å². The van der Waals surface area contributed by atoms with Crippen LogP contribution in [0.2, 0.25) is 0 Å². The highest BCUT2D eigenvalue weighted by molar-refractivity contribution is 5.85. The van der Waals surface area contributed by atoms with Gasteiger partial charge >= 0.3 is 5.97 Å². The van der Waals surface area contributed by atoms with Gasteiger partial charge in [-0.15, -0.1) is 0 Å². The molecule has 21 heavy (non-hydrogen) atoms. The van der Waals surface area contributed by atoms with Gasteiger partial charge in [0.15, 0.2) is 0 Å². The molecule has 0 saturated carbocycles. The standard InChI is InChI=1S/C16H21NO4/c1-12-6-8-15(14(17-12)7-9-16(18)19)21-11-3-5-13-4-2-10-20-13/h6-9,13H,2-5,10-11H2,1H3,(H,18,19). The fourth-order valence-corrected chi connectivity index (χ4v) is 2.32. The van der Waals surface area contributed by atoms with Crippen molar-refractivity contribution in [1.29, 1.82) is 0 Å². The maximum absolute atomic E-state index is 10.6. The highest BCUT2D eigenvalue weighted by atomic mass is 16.5. The van der Waals surface area contributed by atoms with Crippen molar-refractivity contribution < 1.29 is 19.4 Å². The Morgan fingerprint density at radius 3 is 3.14 bits per heavy atom. The second kappa shape index (κ2) is 7.78. The molecule has 1 saturated heterocycles. The number of pyridine rings is 1. The summed E-state index contributed by atoms with van der Waals surface area (Å²) in [7, 11) is 0. The van der Waals surface area contributed by atoms with Gasteiger partial charge < -0.3 is 14.6 Å². The van der Waals surface area contributed by atoms with Crippen LogP contribution in [-0.4, -0.2) is 35.4 Å². The normalized spacial score (nSPS) is 18.2. The first-order chi connectivity index (χ1) is 10.1. The van der Waals surface area contributed by atoms with Crippen molar-refractivity contribution >= 4 is 12.0 Å². The van der Waals surface area contributed by atoms with Gasteiger partial charge in [-0.2, -0.15) is 0 Å². The van der Waals surface area contributed by atoms with E-state index in [1.54, 1.807) is 0 Å². The molecule has 1 atom stereocenters. The fourth-order valence-electron chi connectivity index (χ4n) is 2.32. The summed E-state index contributed by atoms with van der Waals surface area (Å²) < 4.78 is 11.3. The molecule has 0 aromatic carbocycles. The summed E-state index contributed by atoms with van der Waals surface area (Å²) in [5.74, 6) is -0.381. The van der Waals surface area contributed by atoms with Crippen molar-refractivity contribution in [1.82, 2.24) is 4.98 Å². The Hall–Kier alpha value is -1.88. The molecule has 0 amide bonds. The Morgan fingerprint density at radius 1 is 1.57 bits per heavy atom. The van der Waals surface area contributed by atoms with E-state index in [2.05, 4.69) is 4.98 Å². The number of hydrogen-bond acceptors (Lipinski definition) is 4. The lowest BCUT2D eigenvalue weighted by Gasteiger charge is -2.11. The number of aliphatic carboxylic acids is 1. The van der Waals surface area contributed by atoms with Crippen LogP contribution in [0.5, 0.6) is 5.75 Å². The van der Waals surface area contributed by atoms with Crippen LogP contribution in [0.15, 0.2) is 18.2 Å². The first-order valence-electron chi connectivity index (χ1n) is 7.28. The molecule has 0 radical (unpaired) electrons. The summed E-state index contributed by atoms with van der Waals surface area (Å²) in [5, 5.41) is 8.70. The van der Waals surface area contributed by atoms with Gasteiger partial charge in [-0.3, -0.25) is 0 Å². The summed E-state index contributed by atoms with van der Waals surface area (Å²) >= 11 is 0. The number of ether oxygens (including phenoxy) is 2. The Balaban J connectivity index is 1.87. The number of hydrogen-bond donors (Lipinski definition) is 1. The van der Waals surface area contributed by atoms with Crippen molar-refractivity contribution in [3.05, 3.63) is 29.6 Å². The van der Waals surface area contributed by atoms with Gasteiger partial charge in [0.2, 0.25) is 0 Å². The van der Waals surface area contributed by atoms with E-state index >= 15 is 0 Å². The van der Waals surface area contributed by atoms with Gasteiger partial charge in [0.25, 0.3) is 0 Å². The Labute approximate surface area is 124 Å². The fraction of sp³-hybridized carbons (Fsp3) is 0.500. The average Bonchev–Trinajstić information content (AvgIpc) is 2.96. The zero-order valence-corrected chi connectivity index (χ0v) is 12.2. The summed E-state index contributed by atoms with van der Waals surface area (Å²) in [6.45, 7) is 3.31. The van der Waals surface area contributed by atoms with Crippen molar-refractivity contribution in [3.8, 4) is 5.75 Å². The average molecular weight is 291 g/mol. The van der Waals surface area contributed by atoms with Crippen LogP contribution in [0.1, 0.15) is 37.1 Å². The number of carboxylic acid groups (broad SMARTS) is 1. The minimum absolute atomic E-state index is 0.371. The second-order valence-corrected chi connectivity index (χ2v) is 5.13. The van der Waals surface area contributed by atoms with E-state index in [9.17, 15) is 4.79 Å². The van der Waals surface area contributed by atoms with Gasteiger partial charge in [0.05, 0.1) is 12.7 Å². The first kappa shape index (κ1) is 15.5. The van der Waals surface area contributed by atoms with E-state index in [4.69, 9.17) is 14.6 Å².